The topological polar surface area (TPSA) is 290 Å². The summed E-state index contributed by atoms with van der Waals surface area (Å²) in [6, 6.07) is 0. The van der Waals surface area contributed by atoms with Gasteiger partial charge in [0.2, 0.25) is 0 Å². The molecular weight excluding hydrogens is 679 g/mol. The zero-order valence-electron chi connectivity index (χ0n) is 8.54. The molecule has 0 aromatic rings. The Morgan fingerprint density at radius 3 is 0.588 bits per heavy atom. The maximum Gasteiger partial charge on any atom is 2.00 e. The quantitative estimate of drug-likeness (QED) is 0.173. The van der Waals surface area contributed by atoms with Crippen molar-refractivity contribution in [1.82, 2.24) is 0 Å². The molecule has 0 aliphatic rings. The van der Waals surface area contributed by atoms with Crippen molar-refractivity contribution >= 4 is 26.7 Å². The van der Waals surface area contributed by atoms with Crippen LogP contribution in [0.1, 0.15) is 0 Å². The van der Waals surface area contributed by atoms with E-state index in [0.717, 1.165) is 0 Å². The summed E-state index contributed by atoms with van der Waals surface area (Å²) in [6.07, 6.45) is 0. The molecule has 12 nitrogen and oxygen atoms in total. The molecule has 0 spiro atoms. The number of hydrogen-bond donors (Lipinski definition) is 0. The average molecular weight is 689 g/mol. The van der Waals surface area contributed by atoms with Gasteiger partial charge in [-0.2, -0.15) is 0 Å². The molecule has 0 amide bonds. The van der Waals surface area contributed by atoms with Crippen molar-refractivity contribution in [3.05, 3.63) is 0 Å². The van der Waals surface area contributed by atoms with Crippen molar-refractivity contribution in [2.75, 3.05) is 0 Å². The molecule has 0 saturated carbocycles. The molecule has 0 fully saturated rings. The fraction of sp³-hybridized carbons (Fsp3) is 0. The molecule has 10 N–H and O–H groups in total. The molecule has 1 radical (unpaired) electrons. The van der Waals surface area contributed by atoms with Gasteiger partial charge < -0.3 is 21.9 Å². The Kier molecular flexibility index (Phi) is 97.5. The van der Waals surface area contributed by atoms with Crippen LogP contribution in [0, 0.1) is 0 Å². The van der Waals surface area contributed by atoms with Gasteiger partial charge in [-0.3, -0.25) is 0 Å². The van der Waals surface area contributed by atoms with Gasteiger partial charge in [-0.05, 0) is 0 Å². The molecule has 17 heavy (non-hydrogen) atoms. The Balaban J connectivity index is -0.00000000762. The van der Waals surface area contributed by atoms with Crippen LogP contribution in [0.2, 0.25) is 0 Å². The zero-order chi connectivity index (χ0) is 9.00. The van der Waals surface area contributed by atoms with E-state index in [0.29, 0.717) is 0 Å². The van der Waals surface area contributed by atoms with Crippen LogP contribution in [0.3, 0.4) is 0 Å². The van der Waals surface area contributed by atoms with Gasteiger partial charge in [0.1, 0.15) is 0 Å². The second-order valence-electron chi connectivity index (χ2n) is 0.816. The van der Waals surface area contributed by atoms with E-state index in [-0.39, 0.29) is 177 Å². The summed E-state index contributed by atoms with van der Waals surface area (Å²) in [5.74, 6) is 0. The molecular formula is H10Cs2CuO12Se2+2. The van der Waals surface area contributed by atoms with E-state index in [1.807, 2.05) is 0 Å². The fourth-order valence-corrected chi connectivity index (χ4v) is 0. The summed E-state index contributed by atoms with van der Waals surface area (Å²) in [5.41, 5.74) is 0. The molecule has 0 aliphatic heterocycles. The van der Waals surface area contributed by atoms with E-state index in [1.165, 1.54) is 0 Å². The minimum atomic E-state index is -5.75. The van der Waals surface area contributed by atoms with Crippen LogP contribution in [0.25, 0.3) is 0 Å². The van der Waals surface area contributed by atoms with Crippen LogP contribution >= 0.6 is 0 Å². The van der Waals surface area contributed by atoms with Gasteiger partial charge >= 0.3 is 214 Å². The maximum atomic E-state index is 8.59. The molecule has 0 saturated heterocycles. The van der Waals surface area contributed by atoms with Gasteiger partial charge in [0.15, 0.2) is 0 Å². The van der Waals surface area contributed by atoms with Crippen LogP contribution in [0.4, 0.5) is 0 Å². The molecule has 0 heterocycles. The SMILES string of the molecule is O.O.O=[Se](=O)([O-])[O-].O=[Se](=O)([O-])[O-].[Cs+].[Cs+].[Cu+2].[OH3+].[OH3+]. The van der Waals surface area contributed by atoms with E-state index in [1.54, 1.807) is 0 Å². The first kappa shape index (κ1) is 57.8. The minimum Gasteiger partial charge on any atom is -0.457 e. The van der Waals surface area contributed by atoms with Crippen molar-refractivity contribution in [3.8, 4) is 0 Å². The number of hydrogen-bond acceptors (Lipinski definition) is 8. The Morgan fingerprint density at radius 1 is 0.588 bits per heavy atom. The summed E-state index contributed by atoms with van der Waals surface area (Å²) in [7, 11) is 0. The molecule has 0 aromatic carbocycles. The molecule has 0 aliphatic carbocycles. The van der Waals surface area contributed by atoms with Crippen LogP contribution in [0.15, 0.2) is 0 Å². The van der Waals surface area contributed by atoms with Gasteiger partial charge in [-0.15, -0.1) is 0 Å². The third kappa shape index (κ3) is 342. The third-order valence-corrected chi connectivity index (χ3v) is 0. The van der Waals surface area contributed by atoms with E-state index in [2.05, 4.69) is 0 Å². The largest absolute Gasteiger partial charge is 2.00 e. The van der Waals surface area contributed by atoms with Crippen LogP contribution < -0.4 is 155 Å². The first-order valence-corrected chi connectivity index (χ1v) is 6.93. The van der Waals surface area contributed by atoms with Crippen LogP contribution in [0.5, 0.6) is 0 Å². The Labute approximate surface area is 228 Å². The smallest absolute Gasteiger partial charge is 0.457 e. The third-order valence-electron chi connectivity index (χ3n) is 0. The van der Waals surface area contributed by atoms with Gasteiger partial charge in [0.05, 0.1) is 0 Å². The predicted molar refractivity (Wildman–Crippen MR) is 31.2 cm³/mol. The molecule has 0 unspecified atom stereocenters. The molecule has 0 atom stereocenters. The van der Waals surface area contributed by atoms with E-state index < -0.39 is 26.7 Å². The Morgan fingerprint density at radius 2 is 0.588 bits per heavy atom. The van der Waals surface area contributed by atoms with Crippen LogP contribution in [-0.2, 0) is 43.4 Å². The summed E-state index contributed by atoms with van der Waals surface area (Å²) >= 11 is -11.5. The van der Waals surface area contributed by atoms with Crippen molar-refractivity contribution in [1.29, 1.82) is 0 Å². The second-order valence-corrected chi connectivity index (χ2v) is 4.24. The predicted octanol–water partition coefficient (Wildman–Crippen LogP) is -15.5. The average Bonchev–Trinajstić information content (AvgIpc) is 1.12. The van der Waals surface area contributed by atoms with Crippen LogP contribution in [-0.4, -0.2) is 37.7 Å². The Bertz CT molecular complexity index is 219. The van der Waals surface area contributed by atoms with Crippen molar-refractivity contribution in [2.24, 2.45) is 0 Å². The fourth-order valence-electron chi connectivity index (χ4n) is 0. The first-order chi connectivity index (χ1) is 4.00. The minimum absolute atomic E-state index is 0. The van der Waals surface area contributed by atoms with E-state index in [4.69, 9.17) is 32.1 Å². The zero-order valence-corrected chi connectivity index (χ0v) is 25.5. The molecule has 0 aromatic heterocycles. The van der Waals surface area contributed by atoms with E-state index in [9.17, 15) is 0 Å². The summed E-state index contributed by atoms with van der Waals surface area (Å²) in [6.45, 7) is 0. The van der Waals surface area contributed by atoms with Crippen molar-refractivity contribution in [2.45, 2.75) is 0 Å². The maximum absolute atomic E-state index is 8.59. The van der Waals surface area contributed by atoms with Crippen molar-refractivity contribution in [3.63, 3.8) is 0 Å². The standard InChI is InChI=1S/2Cs.Cu.2H2O4Se.4H2O/c;;;2*1-5(2,3)4;;;;/h;;;2*(H2,1,2,3,4);4*1H2/q2*+1;+2;;;;;;/p-2. The van der Waals surface area contributed by atoms with Gasteiger partial charge in [0.25, 0.3) is 0 Å². The first-order valence-electron chi connectivity index (χ1n) is 1.33. The van der Waals surface area contributed by atoms with E-state index >= 15 is 0 Å². The van der Waals surface area contributed by atoms with Gasteiger partial charge in [-0.25, -0.2) is 0 Å². The Hall–Kier alpha value is 4.54. The monoisotopic (exact) mass is 691 g/mol. The van der Waals surface area contributed by atoms with Gasteiger partial charge in [-0.1, -0.05) is 0 Å². The van der Waals surface area contributed by atoms with Crippen molar-refractivity contribution < 1.29 is 209 Å². The summed E-state index contributed by atoms with van der Waals surface area (Å²) in [4.78, 5) is 0. The molecule has 0 rings (SSSR count). The summed E-state index contributed by atoms with van der Waals surface area (Å²) < 4.78 is 68.8. The normalized spacial score (nSPS) is 6.82. The molecule has 105 valence electrons. The number of rotatable bonds is 0. The summed E-state index contributed by atoms with van der Waals surface area (Å²) in [5, 5.41) is 0. The molecule has 0 bridgehead atoms. The second kappa shape index (κ2) is 28.7. The van der Waals surface area contributed by atoms with Gasteiger partial charge in [0, 0.05) is 0 Å². The molecule has 17 heteroatoms.